The highest BCUT2D eigenvalue weighted by Crippen LogP contribution is 2.08. The van der Waals surface area contributed by atoms with Crippen LogP contribution in [0.1, 0.15) is 45.4 Å². The van der Waals surface area contributed by atoms with Crippen LogP contribution in [0.2, 0.25) is 0 Å². The van der Waals surface area contributed by atoms with Crippen LogP contribution < -0.4 is 5.32 Å². The molecule has 2 aliphatic heterocycles. The number of aliphatic carboxylic acids is 3. The Kier molecular flexibility index (Phi) is 18.6. The molecule has 0 aliphatic carbocycles. The average Bonchev–Trinajstić information content (AvgIpc) is 2.98. The quantitative estimate of drug-likeness (QED) is 0.144. The van der Waals surface area contributed by atoms with Crippen molar-refractivity contribution < 1.29 is 39.3 Å². The standard InChI is InChI=1S/C30H55N7O8/c1-2-3-9-32-18-20-37(21-19-32)27(39)7-5-4-6-8-31-26(38)22-33-10-12-34(23-28(40)41)14-16-36(25-30(44)45)17-15-35(13-11-33)24-29(42)43/h2-25H2,1H3,(H,31,38)(H,40,41)(H,42,43)(H,44,45). The number of carbonyl (C=O) groups excluding carboxylic acids is 2. The molecule has 0 aromatic heterocycles. The molecule has 2 saturated heterocycles. The largest absolute Gasteiger partial charge is 0.480 e. The number of hydrogen-bond donors (Lipinski definition) is 4. The average molecular weight is 642 g/mol. The van der Waals surface area contributed by atoms with Crippen molar-refractivity contribution in [2.45, 2.75) is 45.4 Å². The highest BCUT2D eigenvalue weighted by atomic mass is 16.4. The van der Waals surface area contributed by atoms with E-state index in [1.54, 1.807) is 14.7 Å². The second kappa shape index (κ2) is 21.8. The van der Waals surface area contributed by atoms with Gasteiger partial charge >= 0.3 is 17.9 Å². The van der Waals surface area contributed by atoms with Gasteiger partial charge in [0.15, 0.2) is 0 Å². The minimum atomic E-state index is -1.01. The molecular weight excluding hydrogens is 586 g/mol. The van der Waals surface area contributed by atoms with Crippen LogP contribution in [-0.4, -0.2) is 192 Å². The fourth-order valence-corrected chi connectivity index (χ4v) is 5.61. The zero-order valence-electron chi connectivity index (χ0n) is 27.0. The molecule has 2 fully saturated rings. The van der Waals surface area contributed by atoms with E-state index in [9.17, 15) is 39.3 Å². The second-order valence-corrected chi connectivity index (χ2v) is 12.0. The predicted molar refractivity (Wildman–Crippen MR) is 168 cm³/mol. The number of carboxylic acid groups (broad SMARTS) is 3. The monoisotopic (exact) mass is 641 g/mol. The lowest BCUT2D eigenvalue weighted by Gasteiger charge is -2.34. The SMILES string of the molecule is CCCCN1CCN(C(=O)CCCCCNC(=O)CN2CCN(CC(=O)O)CCN(CC(=O)O)CCN(CC(=O)O)CC2)CC1. The molecule has 2 rings (SSSR count). The first-order chi connectivity index (χ1) is 21.5. The summed E-state index contributed by atoms with van der Waals surface area (Å²) in [7, 11) is 0. The van der Waals surface area contributed by atoms with E-state index in [4.69, 9.17) is 0 Å². The van der Waals surface area contributed by atoms with Crippen molar-refractivity contribution in [3.05, 3.63) is 0 Å². The van der Waals surface area contributed by atoms with Crippen LogP contribution >= 0.6 is 0 Å². The summed E-state index contributed by atoms with van der Waals surface area (Å²) in [5, 5.41) is 31.0. The molecule has 4 N–H and O–H groups in total. The van der Waals surface area contributed by atoms with Gasteiger partial charge in [-0.15, -0.1) is 0 Å². The van der Waals surface area contributed by atoms with Crippen molar-refractivity contribution in [3.63, 3.8) is 0 Å². The van der Waals surface area contributed by atoms with Crippen LogP contribution in [0.5, 0.6) is 0 Å². The number of rotatable bonds is 17. The smallest absolute Gasteiger partial charge is 0.317 e. The number of nitrogens with one attached hydrogen (secondary N) is 1. The van der Waals surface area contributed by atoms with Crippen LogP contribution in [-0.2, 0) is 24.0 Å². The Morgan fingerprint density at radius 3 is 1.38 bits per heavy atom. The third-order valence-corrected chi connectivity index (χ3v) is 8.32. The molecule has 0 aromatic carbocycles. The van der Waals surface area contributed by atoms with Gasteiger partial charge in [0.05, 0.1) is 26.2 Å². The summed E-state index contributed by atoms with van der Waals surface area (Å²) in [6.07, 6.45) is 5.26. The van der Waals surface area contributed by atoms with Crippen LogP contribution in [0.25, 0.3) is 0 Å². The summed E-state index contributed by atoms with van der Waals surface area (Å²) in [5.41, 5.74) is 0. The van der Waals surface area contributed by atoms with Crippen molar-refractivity contribution in [1.82, 2.24) is 34.7 Å². The Morgan fingerprint density at radius 1 is 0.533 bits per heavy atom. The molecule has 0 saturated carbocycles. The Hall–Kier alpha value is -2.85. The van der Waals surface area contributed by atoms with Gasteiger partial charge in [0.25, 0.3) is 0 Å². The van der Waals surface area contributed by atoms with Crippen LogP contribution in [0.15, 0.2) is 0 Å². The first-order valence-electron chi connectivity index (χ1n) is 16.4. The van der Waals surface area contributed by atoms with E-state index in [1.165, 1.54) is 12.8 Å². The lowest BCUT2D eigenvalue weighted by molar-refractivity contribution is -0.140. The number of piperazine rings is 1. The minimum Gasteiger partial charge on any atom is -0.480 e. The first kappa shape index (κ1) is 38.3. The number of amides is 2. The number of unbranched alkanes of at least 4 members (excludes halogenated alkanes) is 3. The van der Waals surface area contributed by atoms with Crippen molar-refractivity contribution in [2.75, 3.05) is 118 Å². The van der Waals surface area contributed by atoms with E-state index in [0.29, 0.717) is 65.3 Å². The van der Waals surface area contributed by atoms with E-state index >= 15 is 0 Å². The summed E-state index contributed by atoms with van der Waals surface area (Å²) in [6.45, 7) is 9.53. The lowest BCUT2D eigenvalue weighted by atomic mass is 10.1. The molecule has 0 atom stereocenters. The minimum absolute atomic E-state index is 0.0929. The van der Waals surface area contributed by atoms with Gasteiger partial charge in [-0.25, -0.2) is 0 Å². The molecule has 258 valence electrons. The molecule has 45 heavy (non-hydrogen) atoms. The molecule has 0 radical (unpaired) electrons. The van der Waals surface area contributed by atoms with E-state index in [1.807, 2.05) is 9.80 Å². The molecule has 15 heteroatoms. The summed E-state index contributed by atoms with van der Waals surface area (Å²) in [4.78, 5) is 71.0. The molecule has 0 spiro atoms. The Labute approximate surface area is 267 Å². The highest BCUT2D eigenvalue weighted by molar-refractivity contribution is 5.78. The molecule has 0 bridgehead atoms. The van der Waals surface area contributed by atoms with Crippen molar-refractivity contribution in [3.8, 4) is 0 Å². The molecule has 2 heterocycles. The highest BCUT2D eigenvalue weighted by Gasteiger charge is 2.22. The summed E-state index contributed by atoms with van der Waals surface area (Å²) in [6, 6.07) is 0. The van der Waals surface area contributed by atoms with Crippen LogP contribution in [0.4, 0.5) is 0 Å². The third-order valence-electron chi connectivity index (χ3n) is 8.32. The Bertz CT molecular complexity index is 900. The predicted octanol–water partition coefficient (Wildman–Crippen LogP) is -0.917. The van der Waals surface area contributed by atoms with Gasteiger partial charge in [0, 0.05) is 91.5 Å². The fraction of sp³-hybridized carbons (Fsp3) is 0.833. The number of carbonyl (C=O) groups is 5. The third kappa shape index (κ3) is 17.4. The normalized spacial score (nSPS) is 19.0. The fourth-order valence-electron chi connectivity index (χ4n) is 5.61. The number of nitrogens with zero attached hydrogens (tertiary/aromatic N) is 6. The first-order valence-corrected chi connectivity index (χ1v) is 16.4. The Morgan fingerprint density at radius 2 is 0.956 bits per heavy atom. The van der Waals surface area contributed by atoms with Crippen molar-refractivity contribution in [2.24, 2.45) is 0 Å². The summed E-state index contributed by atoms with van der Waals surface area (Å²) < 4.78 is 0. The van der Waals surface area contributed by atoms with Gasteiger partial charge < -0.3 is 25.5 Å². The van der Waals surface area contributed by atoms with Crippen molar-refractivity contribution in [1.29, 1.82) is 0 Å². The van der Waals surface area contributed by atoms with Crippen LogP contribution in [0.3, 0.4) is 0 Å². The molecule has 2 aliphatic rings. The maximum absolute atomic E-state index is 12.8. The van der Waals surface area contributed by atoms with Gasteiger partial charge in [0.1, 0.15) is 0 Å². The van der Waals surface area contributed by atoms with E-state index in [0.717, 1.165) is 52.0 Å². The van der Waals surface area contributed by atoms with E-state index < -0.39 is 17.9 Å². The zero-order chi connectivity index (χ0) is 33.0. The summed E-state index contributed by atoms with van der Waals surface area (Å²) >= 11 is 0. The van der Waals surface area contributed by atoms with Gasteiger partial charge in [-0.1, -0.05) is 19.8 Å². The molecule has 15 nitrogen and oxygen atoms in total. The van der Waals surface area contributed by atoms with Gasteiger partial charge in [-0.2, -0.15) is 0 Å². The number of carboxylic acids is 3. The maximum atomic E-state index is 12.8. The van der Waals surface area contributed by atoms with Crippen LogP contribution in [0, 0.1) is 0 Å². The van der Waals surface area contributed by atoms with Gasteiger partial charge in [-0.05, 0) is 25.8 Å². The van der Waals surface area contributed by atoms with Gasteiger partial charge in [-0.3, -0.25) is 48.5 Å². The maximum Gasteiger partial charge on any atom is 0.317 e. The topological polar surface area (TPSA) is 178 Å². The van der Waals surface area contributed by atoms with E-state index in [2.05, 4.69) is 17.1 Å². The summed E-state index contributed by atoms with van der Waals surface area (Å²) in [5.74, 6) is -2.95. The van der Waals surface area contributed by atoms with Crippen molar-refractivity contribution >= 4 is 29.7 Å². The molecule has 2 amide bonds. The molecular formula is C30H55N7O8. The zero-order valence-corrected chi connectivity index (χ0v) is 27.0. The van der Waals surface area contributed by atoms with Gasteiger partial charge in [0.2, 0.25) is 11.8 Å². The Balaban J connectivity index is 1.79. The van der Waals surface area contributed by atoms with E-state index in [-0.39, 0.29) is 38.0 Å². The second-order valence-electron chi connectivity index (χ2n) is 12.0. The number of hydrogen-bond acceptors (Lipinski definition) is 10. The molecule has 0 unspecified atom stereocenters. The molecule has 0 aromatic rings. The lowest BCUT2D eigenvalue weighted by Crippen LogP contribution is -2.49.